The van der Waals surface area contributed by atoms with E-state index in [2.05, 4.69) is 0 Å². The van der Waals surface area contributed by atoms with Crippen molar-refractivity contribution in [1.82, 2.24) is 9.55 Å². The molecule has 0 fully saturated rings. The van der Waals surface area contributed by atoms with Crippen molar-refractivity contribution in [1.29, 1.82) is 0 Å². The maximum Gasteiger partial charge on any atom is 0.266 e. The molecule has 4 nitrogen and oxygen atoms in total. The van der Waals surface area contributed by atoms with Gasteiger partial charge in [-0.3, -0.25) is 9.36 Å². The van der Waals surface area contributed by atoms with Crippen LogP contribution in [0.3, 0.4) is 0 Å². The monoisotopic (exact) mass is 368 g/mol. The van der Waals surface area contributed by atoms with Crippen LogP contribution in [0, 0.1) is 6.92 Å². The van der Waals surface area contributed by atoms with Gasteiger partial charge in [0.2, 0.25) is 0 Å². The summed E-state index contributed by atoms with van der Waals surface area (Å²) < 4.78 is 6.93. The number of aromatic nitrogens is 2. The fraction of sp³-hybridized carbons (Fsp3) is 0.0833. The first-order chi connectivity index (χ1) is 13.7. The quantitative estimate of drug-likeness (QED) is 0.516. The maximum absolute atomic E-state index is 13.2. The van der Waals surface area contributed by atoms with E-state index in [1.54, 1.807) is 11.7 Å². The third-order valence-electron chi connectivity index (χ3n) is 4.61. The molecule has 4 rings (SSSR count). The van der Waals surface area contributed by atoms with E-state index in [1.165, 1.54) is 0 Å². The van der Waals surface area contributed by atoms with Gasteiger partial charge in [0.25, 0.3) is 5.56 Å². The number of benzene rings is 3. The predicted molar refractivity (Wildman–Crippen MR) is 114 cm³/mol. The lowest BCUT2D eigenvalue weighted by Gasteiger charge is -2.11. The van der Waals surface area contributed by atoms with Crippen molar-refractivity contribution in [2.75, 3.05) is 7.11 Å². The second-order valence-corrected chi connectivity index (χ2v) is 6.57. The van der Waals surface area contributed by atoms with E-state index in [0.717, 1.165) is 22.6 Å². The van der Waals surface area contributed by atoms with Gasteiger partial charge in [-0.05, 0) is 55.0 Å². The summed E-state index contributed by atoms with van der Waals surface area (Å²) in [5.74, 6) is 1.36. The molecule has 138 valence electrons. The Labute approximate surface area is 163 Å². The van der Waals surface area contributed by atoms with Gasteiger partial charge in [0.1, 0.15) is 11.6 Å². The molecule has 0 N–H and O–H groups in total. The van der Waals surface area contributed by atoms with Gasteiger partial charge < -0.3 is 4.74 Å². The standard InChI is InChI=1S/C24H20N2O2/c1-17-10-13-19(14-11-17)26-23(15-12-18-6-5-7-20(16-18)28-2)25-22-9-4-3-8-21(22)24(26)27/h3-16H,1-2H3. The van der Waals surface area contributed by atoms with Crippen molar-refractivity contribution >= 4 is 23.1 Å². The van der Waals surface area contributed by atoms with Crippen LogP contribution in [-0.2, 0) is 0 Å². The number of ether oxygens (including phenoxy) is 1. The molecular weight excluding hydrogens is 348 g/mol. The van der Waals surface area contributed by atoms with E-state index in [4.69, 9.17) is 9.72 Å². The van der Waals surface area contributed by atoms with Crippen LogP contribution in [0.2, 0.25) is 0 Å². The number of para-hydroxylation sites is 1. The Morgan fingerprint density at radius 3 is 2.50 bits per heavy atom. The van der Waals surface area contributed by atoms with Gasteiger partial charge in [-0.2, -0.15) is 0 Å². The molecule has 0 atom stereocenters. The zero-order valence-electron chi connectivity index (χ0n) is 15.8. The molecule has 0 amide bonds. The molecule has 0 aliphatic heterocycles. The van der Waals surface area contributed by atoms with Crippen LogP contribution >= 0.6 is 0 Å². The fourth-order valence-corrected chi connectivity index (χ4v) is 3.12. The Balaban J connectivity index is 1.90. The Hall–Kier alpha value is -3.66. The maximum atomic E-state index is 13.2. The molecule has 28 heavy (non-hydrogen) atoms. The van der Waals surface area contributed by atoms with Crippen LogP contribution in [0.5, 0.6) is 5.75 Å². The molecular formula is C24H20N2O2. The third kappa shape index (κ3) is 3.45. The van der Waals surface area contributed by atoms with E-state index in [0.29, 0.717) is 16.7 Å². The Kier molecular flexibility index (Phi) is 4.77. The number of hydrogen-bond acceptors (Lipinski definition) is 3. The highest BCUT2D eigenvalue weighted by Crippen LogP contribution is 2.18. The first-order valence-corrected chi connectivity index (χ1v) is 9.07. The summed E-state index contributed by atoms with van der Waals surface area (Å²) in [6.45, 7) is 2.02. The molecule has 0 radical (unpaired) electrons. The first-order valence-electron chi connectivity index (χ1n) is 9.07. The van der Waals surface area contributed by atoms with E-state index in [-0.39, 0.29) is 5.56 Å². The highest BCUT2D eigenvalue weighted by Gasteiger charge is 2.10. The highest BCUT2D eigenvalue weighted by atomic mass is 16.5. The van der Waals surface area contributed by atoms with Crippen LogP contribution in [-0.4, -0.2) is 16.7 Å². The smallest absolute Gasteiger partial charge is 0.266 e. The molecule has 4 aromatic rings. The lowest BCUT2D eigenvalue weighted by atomic mass is 10.2. The predicted octanol–water partition coefficient (Wildman–Crippen LogP) is 4.87. The minimum atomic E-state index is -0.0836. The van der Waals surface area contributed by atoms with Crippen molar-refractivity contribution in [2.24, 2.45) is 0 Å². The topological polar surface area (TPSA) is 44.1 Å². The SMILES string of the molecule is COc1cccc(C=Cc2nc3ccccc3c(=O)n2-c2ccc(C)cc2)c1. The summed E-state index contributed by atoms with van der Waals surface area (Å²) in [6.07, 6.45) is 3.80. The van der Waals surface area contributed by atoms with Crippen LogP contribution < -0.4 is 10.3 Å². The zero-order chi connectivity index (χ0) is 19.5. The minimum Gasteiger partial charge on any atom is -0.497 e. The summed E-state index contributed by atoms with van der Waals surface area (Å²) in [7, 11) is 1.64. The highest BCUT2D eigenvalue weighted by molar-refractivity contribution is 5.80. The molecule has 1 heterocycles. The average Bonchev–Trinajstić information content (AvgIpc) is 2.73. The van der Waals surface area contributed by atoms with Gasteiger partial charge in [-0.25, -0.2) is 4.98 Å². The molecule has 1 aromatic heterocycles. The summed E-state index contributed by atoms with van der Waals surface area (Å²) in [5, 5.41) is 0.599. The Morgan fingerprint density at radius 2 is 1.71 bits per heavy atom. The molecule has 0 aliphatic carbocycles. The van der Waals surface area contributed by atoms with Crippen LogP contribution in [0.4, 0.5) is 0 Å². The van der Waals surface area contributed by atoms with Crippen molar-refractivity contribution < 1.29 is 4.74 Å². The van der Waals surface area contributed by atoms with E-state index >= 15 is 0 Å². The third-order valence-corrected chi connectivity index (χ3v) is 4.61. The van der Waals surface area contributed by atoms with Gasteiger partial charge in [0.15, 0.2) is 0 Å². The molecule has 0 aliphatic rings. The average molecular weight is 368 g/mol. The number of methoxy groups -OCH3 is 1. The summed E-state index contributed by atoms with van der Waals surface area (Å²) in [5.41, 5.74) is 3.50. The van der Waals surface area contributed by atoms with Crippen LogP contribution in [0.15, 0.2) is 77.6 Å². The van der Waals surface area contributed by atoms with Gasteiger partial charge in [-0.1, -0.05) is 48.0 Å². The first kappa shape index (κ1) is 17.7. The number of aryl methyl sites for hydroxylation is 1. The van der Waals surface area contributed by atoms with Crippen molar-refractivity contribution in [3.8, 4) is 11.4 Å². The number of rotatable bonds is 4. The van der Waals surface area contributed by atoms with Crippen LogP contribution in [0.25, 0.3) is 28.7 Å². The second-order valence-electron chi connectivity index (χ2n) is 6.57. The van der Waals surface area contributed by atoms with Gasteiger partial charge in [-0.15, -0.1) is 0 Å². The minimum absolute atomic E-state index is 0.0836. The van der Waals surface area contributed by atoms with E-state index in [9.17, 15) is 4.79 Å². The van der Waals surface area contributed by atoms with Crippen molar-refractivity contribution in [3.05, 3.63) is 100 Å². The van der Waals surface area contributed by atoms with Gasteiger partial charge in [0.05, 0.1) is 23.7 Å². The molecule has 0 bridgehead atoms. The Bertz CT molecular complexity index is 1220. The number of hydrogen-bond donors (Lipinski definition) is 0. The molecule has 0 spiro atoms. The van der Waals surface area contributed by atoms with E-state index in [1.807, 2.05) is 91.9 Å². The summed E-state index contributed by atoms with van der Waals surface area (Å²) >= 11 is 0. The lowest BCUT2D eigenvalue weighted by Crippen LogP contribution is -2.22. The molecule has 3 aromatic carbocycles. The number of fused-ring (bicyclic) bond motifs is 1. The van der Waals surface area contributed by atoms with E-state index < -0.39 is 0 Å². The molecule has 0 saturated carbocycles. The molecule has 0 unspecified atom stereocenters. The second kappa shape index (κ2) is 7.53. The molecule has 4 heteroatoms. The number of nitrogens with zero attached hydrogens (tertiary/aromatic N) is 2. The van der Waals surface area contributed by atoms with Crippen molar-refractivity contribution in [3.63, 3.8) is 0 Å². The fourth-order valence-electron chi connectivity index (χ4n) is 3.12. The normalized spacial score (nSPS) is 11.2. The molecule has 0 saturated heterocycles. The van der Waals surface area contributed by atoms with Crippen LogP contribution in [0.1, 0.15) is 17.0 Å². The Morgan fingerprint density at radius 1 is 0.929 bits per heavy atom. The summed E-state index contributed by atoms with van der Waals surface area (Å²) in [6, 6.07) is 23.0. The van der Waals surface area contributed by atoms with Crippen molar-refractivity contribution in [2.45, 2.75) is 6.92 Å². The summed E-state index contributed by atoms with van der Waals surface area (Å²) in [4.78, 5) is 18.0. The lowest BCUT2D eigenvalue weighted by molar-refractivity contribution is 0.414. The largest absolute Gasteiger partial charge is 0.497 e. The van der Waals surface area contributed by atoms with Gasteiger partial charge >= 0.3 is 0 Å². The zero-order valence-corrected chi connectivity index (χ0v) is 15.8. The van der Waals surface area contributed by atoms with Gasteiger partial charge in [0, 0.05) is 0 Å².